The van der Waals surface area contributed by atoms with Crippen molar-refractivity contribution in [3.8, 4) is 0 Å². The van der Waals surface area contributed by atoms with Crippen LogP contribution in [-0.4, -0.2) is 69.3 Å². The number of rotatable bonds is 5. The van der Waals surface area contributed by atoms with Crippen LogP contribution in [0.2, 0.25) is 0 Å². The van der Waals surface area contributed by atoms with E-state index in [0.29, 0.717) is 37.7 Å². The highest BCUT2D eigenvalue weighted by molar-refractivity contribution is 5.92. The van der Waals surface area contributed by atoms with Gasteiger partial charge in [-0.15, -0.1) is 0 Å². The van der Waals surface area contributed by atoms with Crippen LogP contribution >= 0.6 is 0 Å². The van der Waals surface area contributed by atoms with E-state index in [1.54, 1.807) is 0 Å². The van der Waals surface area contributed by atoms with Gasteiger partial charge in [0, 0.05) is 26.2 Å². The molecular formula is C20H32N4O3. The Kier molecular flexibility index (Phi) is 5.60. The van der Waals surface area contributed by atoms with Gasteiger partial charge >= 0.3 is 5.97 Å². The fraction of sp³-hybridized carbons (Fsp3) is 0.750. The lowest BCUT2D eigenvalue weighted by molar-refractivity contribution is -0.141. The van der Waals surface area contributed by atoms with Gasteiger partial charge in [-0.25, -0.2) is 0 Å². The quantitative estimate of drug-likeness (QED) is 0.851. The maximum absolute atomic E-state index is 13.1. The highest BCUT2D eigenvalue weighted by atomic mass is 16.4. The van der Waals surface area contributed by atoms with Crippen LogP contribution in [0.25, 0.3) is 0 Å². The van der Waals surface area contributed by atoms with Crippen molar-refractivity contribution in [3.63, 3.8) is 0 Å². The highest BCUT2D eigenvalue weighted by Crippen LogP contribution is 2.43. The zero-order valence-corrected chi connectivity index (χ0v) is 16.9. The van der Waals surface area contributed by atoms with Gasteiger partial charge < -0.3 is 10.0 Å². The number of hydrogen-bond donors (Lipinski definition) is 1. The molecule has 0 saturated carbocycles. The Labute approximate surface area is 161 Å². The normalized spacial score (nSPS) is 22.7. The van der Waals surface area contributed by atoms with Crippen LogP contribution in [0.1, 0.15) is 56.2 Å². The second-order valence-corrected chi connectivity index (χ2v) is 8.70. The van der Waals surface area contributed by atoms with E-state index < -0.39 is 12.0 Å². The molecule has 1 amide bonds. The van der Waals surface area contributed by atoms with Gasteiger partial charge in [0.15, 0.2) is 0 Å². The minimum absolute atomic E-state index is 0.0301. The summed E-state index contributed by atoms with van der Waals surface area (Å²) in [6.45, 7) is 9.17. The van der Waals surface area contributed by atoms with Gasteiger partial charge in [0.1, 0.15) is 11.7 Å². The third-order valence-electron chi connectivity index (χ3n) is 6.11. The van der Waals surface area contributed by atoms with Gasteiger partial charge in [-0.1, -0.05) is 13.8 Å². The average molecular weight is 377 g/mol. The van der Waals surface area contributed by atoms with Crippen molar-refractivity contribution in [1.29, 1.82) is 0 Å². The number of aryl methyl sites for hydroxylation is 1. The molecule has 7 nitrogen and oxygen atoms in total. The summed E-state index contributed by atoms with van der Waals surface area (Å²) in [6.07, 6.45) is 3.30. The first-order valence-corrected chi connectivity index (χ1v) is 10.0. The highest BCUT2D eigenvalue weighted by Gasteiger charge is 2.47. The van der Waals surface area contributed by atoms with Crippen LogP contribution < -0.4 is 0 Å². The van der Waals surface area contributed by atoms with Gasteiger partial charge in [-0.05, 0) is 57.1 Å². The monoisotopic (exact) mass is 376 g/mol. The molecule has 2 saturated heterocycles. The van der Waals surface area contributed by atoms with Crippen LogP contribution in [0.3, 0.4) is 0 Å². The zero-order chi connectivity index (χ0) is 19.8. The number of piperidine rings is 1. The number of aromatic nitrogens is 2. The number of hydrogen-bond acceptors (Lipinski definition) is 4. The fourth-order valence-corrected chi connectivity index (χ4v) is 4.66. The first-order chi connectivity index (χ1) is 12.7. The lowest BCUT2D eigenvalue weighted by Gasteiger charge is -2.39. The van der Waals surface area contributed by atoms with Crippen molar-refractivity contribution >= 4 is 11.9 Å². The fourth-order valence-electron chi connectivity index (χ4n) is 4.66. The largest absolute Gasteiger partial charge is 0.480 e. The lowest BCUT2D eigenvalue weighted by Crippen LogP contribution is -2.44. The van der Waals surface area contributed by atoms with E-state index in [1.165, 1.54) is 0 Å². The van der Waals surface area contributed by atoms with Crippen molar-refractivity contribution in [2.45, 2.75) is 59.0 Å². The molecular weight excluding hydrogens is 344 g/mol. The SMILES string of the molecule is CCn1nc(CC(C)C)cc1C(=O)N1CCC2(CC1)CC(C(=O)O)N(C)C2. The third-order valence-corrected chi connectivity index (χ3v) is 6.11. The molecule has 150 valence electrons. The van der Waals surface area contributed by atoms with E-state index in [1.807, 2.05) is 34.5 Å². The number of likely N-dealkylation sites (tertiary alicyclic amines) is 2. The number of nitrogens with zero attached hydrogens (tertiary/aromatic N) is 4. The summed E-state index contributed by atoms with van der Waals surface area (Å²) in [6, 6.07) is 1.55. The molecule has 2 aliphatic rings. The Bertz CT molecular complexity index is 704. The number of carboxylic acids is 1. The molecule has 0 aliphatic carbocycles. The molecule has 3 heterocycles. The Morgan fingerprint density at radius 1 is 1.33 bits per heavy atom. The van der Waals surface area contributed by atoms with Gasteiger partial charge in [0.2, 0.25) is 0 Å². The molecule has 0 radical (unpaired) electrons. The van der Waals surface area contributed by atoms with Crippen LogP contribution in [0, 0.1) is 11.3 Å². The van der Waals surface area contributed by atoms with E-state index >= 15 is 0 Å². The molecule has 1 atom stereocenters. The Hall–Kier alpha value is -1.89. The van der Waals surface area contributed by atoms with Crippen molar-refractivity contribution in [2.75, 3.05) is 26.7 Å². The molecule has 2 aliphatic heterocycles. The third kappa shape index (κ3) is 4.03. The van der Waals surface area contributed by atoms with Crippen molar-refractivity contribution in [2.24, 2.45) is 11.3 Å². The first kappa shape index (κ1) is 19.9. The van der Waals surface area contributed by atoms with Crippen LogP contribution in [0.15, 0.2) is 6.07 Å². The van der Waals surface area contributed by atoms with Gasteiger partial charge in [0.05, 0.1) is 5.69 Å². The number of aliphatic carboxylic acids is 1. The van der Waals surface area contributed by atoms with E-state index in [4.69, 9.17) is 0 Å². The molecule has 1 N–H and O–H groups in total. The standard InChI is InChI=1S/C20H32N4O3/c1-5-24-16(11-15(21-24)10-14(2)3)18(25)23-8-6-20(7-9-23)12-17(19(26)27)22(4)13-20/h11,14,17H,5-10,12-13H2,1-4H3,(H,26,27). The van der Waals surface area contributed by atoms with E-state index in [9.17, 15) is 14.7 Å². The minimum Gasteiger partial charge on any atom is -0.480 e. The van der Waals surface area contributed by atoms with E-state index in [-0.39, 0.29) is 11.3 Å². The number of amides is 1. The maximum atomic E-state index is 13.1. The molecule has 1 unspecified atom stereocenters. The molecule has 1 aromatic heterocycles. The second-order valence-electron chi connectivity index (χ2n) is 8.70. The Morgan fingerprint density at radius 3 is 2.52 bits per heavy atom. The first-order valence-electron chi connectivity index (χ1n) is 10.0. The Balaban J connectivity index is 1.67. The maximum Gasteiger partial charge on any atom is 0.320 e. The average Bonchev–Trinajstić information content (AvgIpc) is 3.15. The summed E-state index contributed by atoms with van der Waals surface area (Å²) < 4.78 is 1.81. The van der Waals surface area contributed by atoms with Gasteiger partial charge in [-0.3, -0.25) is 19.2 Å². The minimum atomic E-state index is -0.739. The van der Waals surface area contributed by atoms with Gasteiger partial charge in [0.25, 0.3) is 5.91 Å². The van der Waals surface area contributed by atoms with Crippen molar-refractivity contribution in [1.82, 2.24) is 19.6 Å². The molecule has 1 spiro atoms. The van der Waals surface area contributed by atoms with E-state index in [0.717, 1.165) is 31.5 Å². The van der Waals surface area contributed by atoms with Gasteiger partial charge in [-0.2, -0.15) is 5.10 Å². The predicted octanol–water partition coefficient (Wildman–Crippen LogP) is 2.11. The predicted molar refractivity (Wildman–Crippen MR) is 103 cm³/mol. The number of carbonyl (C=O) groups is 2. The summed E-state index contributed by atoms with van der Waals surface area (Å²) in [5.74, 6) is -0.183. The van der Waals surface area contributed by atoms with Crippen LogP contribution in [-0.2, 0) is 17.8 Å². The smallest absolute Gasteiger partial charge is 0.320 e. The number of likely N-dealkylation sites (N-methyl/N-ethyl adjacent to an activating group) is 1. The summed E-state index contributed by atoms with van der Waals surface area (Å²) in [7, 11) is 1.89. The molecule has 1 aromatic rings. The van der Waals surface area contributed by atoms with E-state index in [2.05, 4.69) is 18.9 Å². The number of carbonyl (C=O) groups excluding carboxylic acids is 1. The van der Waals surface area contributed by atoms with Crippen LogP contribution in [0.4, 0.5) is 0 Å². The molecule has 2 fully saturated rings. The molecule has 3 rings (SSSR count). The van der Waals surface area contributed by atoms with Crippen LogP contribution in [0.5, 0.6) is 0 Å². The topological polar surface area (TPSA) is 78.7 Å². The summed E-state index contributed by atoms with van der Waals surface area (Å²) in [5.41, 5.74) is 1.68. The molecule has 27 heavy (non-hydrogen) atoms. The number of carboxylic acid groups (broad SMARTS) is 1. The lowest BCUT2D eigenvalue weighted by atomic mass is 9.76. The zero-order valence-electron chi connectivity index (χ0n) is 16.9. The molecule has 0 aromatic carbocycles. The molecule has 7 heteroatoms. The molecule has 0 bridgehead atoms. The summed E-state index contributed by atoms with van der Waals surface area (Å²) in [5, 5.41) is 14.0. The summed E-state index contributed by atoms with van der Waals surface area (Å²) >= 11 is 0. The van der Waals surface area contributed by atoms with Crippen molar-refractivity contribution < 1.29 is 14.7 Å². The van der Waals surface area contributed by atoms with Crippen molar-refractivity contribution in [3.05, 3.63) is 17.5 Å². The second kappa shape index (κ2) is 7.62. The summed E-state index contributed by atoms with van der Waals surface area (Å²) in [4.78, 5) is 28.4. The Morgan fingerprint density at radius 2 is 2.00 bits per heavy atom.